The Kier molecular flexibility index (Phi) is 4.12. The van der Waals surface area contributed by atoms with E-state index in [0.29, 0.717) is 28.6 Å². The van der Waals surface area contributed by atoms with Gasteiger partial charge in [-0.2, -0.15) is 0 Å². The third-order valence-corrected chi connectivity index (χ3v) is 5.43. The van der Waals surface area contributed by atoms with Gasteiger partial charge in [0.25, 0.3) is 0 Å². The van der Waals surface area contributed by atoms with Crippen LogP contribution in [0, 0.1) is 25.5 Å². The molecule has 0 bridgehead atoms. The highest BCUT2D eigenvalue weighted by atomic mass is 32.2. The van der Waals surface area contributed by atoms with Crippen LogP contribution in [0.3, 0.4) is 0 Å². The van der Waals surface area contributed by atoms with Crippen molar-refractivity contribution < 1.29 is 17.2 Å². The Labute approximate surface area is 158 Å². The van der Waals surface area contributed by atoms with Gasteiger partial charge >= 0.3 is 0 Å². The molecule has 3 aromatic heterocycles. The average molecular weight is 403 g/mol. The van der Waals surface area contributed by atoms with Crippen molar-refractivity contribution in [3.63, 3.8) is 0 Å². The molecule has 0 aliphatic heterocycles. The number of rotatable bonds is 3. The van der Waals surface area contributed by atoms with Gasteiger partial charge in [0.15, 0.2) is 5.65 Å². The van der Waals surface area contributed by atoms with E-state index in [1.165, 1.54) is 0 Å². The Morgan fingerprint density at radius 3 is 2.57 bits per heavy atom. The third-order valence-electron chi connectivity index (χ3n) is 4.50. The molecule has 2 N–H and O–H groups in total. The highest BCUT2D eigenvalue weighted by Crippen LogP contribution is 2.26. The van der Waals surface area contributed by atoms with E-state index in [0.717, 1.165) is 17.1 Å². The summed E-state index contributed by atoms with van der Waals surface area (Å²) in [6.45, 7) is 3.53. The minimum Gasteiger partial charge on any atom is -0.323 e. The van der Waals surface area contributed by atoms with Crippen molar-refractivity contribution in [2.45, 2.75) is 25.3 Å². The van der Waals surface area contributed by atoms with Gasteiger partial charge in [-0.25, -0.2) is 37.3 Å². The number of aromatic nitrogens is 4. The van der Waals surface area contributed by atoms with E-state index in [1.807, 2.05) is 19.1 Å². The van der Waals surface area contributed by atoms with Gasteiger partial charge in [-0.15, -0.1) is 0 Å². The average Bonchev–Trinajstić information content (AvgIpc) is 2.92. The van der Waals surface area contributed by atoms with Gasteiger partial charge in [0, 0.05) is 16.6 Å². The molecule has 28 heavy (non-hydrogen) atoms. The van der Waals surface area contributed by atoms with E-state index in [4.69, 9.17) is 5.14 Å². The molecule has 0 fully saturated rings. The lowest BCUT2D eigenvalue weighted by Crippen LogP contribution is -2.15. The molecule has 4 rings (SSSR count). The number of sulfonamides is 1. The summed E-state index contributed by atoms with van der Waals surface area (Å²) in [7, 11) is -4.36. The van der Waals surface area contributed by atoms with E-state index in [-0.39, 0.29) is 12.1 Å². The summed E-state index contributed by atoms with van der Waals surface area (Å²) in [4.78, 5) is 12.2. The van der Waals surface area contributed by atoms with Crippen molar-refractivity contribution in [1.29, 1.82) is 0 Å². The van der Waals surface area contributed by atoms with Crippen molar-refractivity contribution in [2.24, 2.45) is 5.14 Å². The summed E-state index contributed by atoms with van der Waals surface area (Å²) >= 11 is 0. The number of nitrogens with zero attached hydrogens (tertiary/aromatic N) is 4. The lowest BCUT2D eigenvalue weighted by atomic mass is 10.2. The minimum atomic E-state index is -4.36. The molecule has 144 valence electrons. The molecule has 0 saturated heterocycles. The minimum absolute atomic E-state index is 0.0302. The highest BCUT2D eigenvalue weighted by Gasteiger charge is 2.20. The summed E-state index contributed by atoms with van der Waals surface area (Å²) in [5.41, 5.74) is 2.57. The molecule has 0 radical (unpaired) electrons. The quantitative estimate of drug-likeness (QED) is 0.566. The second-order valence-electron chi connectivity index (χ2n) is 6.48. The molecule has 4 aromatic rings. The Hall–Kier alpha value is -2.98. The van der Waals surface area contributed by atoms with Gasteiger partial charge in [-0.1, -0.05) is 0 Å². The van der Waals surface area contributed by atoms with Gasteiger partial charge in [0.05, 0.1) is 18.3 Å². The first-order valence-electron chi connectivity index (χ1n) is 8.25. The Morgan fingerprint density at radius 2 is 1.86 bits per heavy atom. The molecule has 1 aromatic carbocycles. The summed E-state index contributed by atoms with van der Waals surface area (Å²) in [5, 5.41) is 5.65. The molecule has 0 aliphatic rings. The largest absolute Gasteiger partial charge is 0.323 e. The highest BCUT2D eigenvalue weighted by molar-refractivity contribution is 7.89. The first-order chi connectivity index (χ1) is 13.1. The number of nitrogens with two attached hydrogens (primary N) is 1. The smallest absolute Gasteiger partial charge is 0.241 e. The predicted molar refractivity (Wildman–Crippen MR) is 99.1 cm³/mol. The predicted octanol–water partition coefficient (Wildman–Crippen LogP) is 2.57. The molecule has 7 nitrogen and oxygen atoms in total. The number of benzene rings is 1. The van der Waals surface area contributed by atoms with Crippen LogP contribution in [0.1, 0.15) is 17.1 Å². The van der Waals surface area contributed by atoms with E-state index in [2.05, 4.69) is 15.0 Å². The monoisotopic (exact) mass is 403 g/mol. The molecule has 10 heteroatoms. The molecule has 0 unspecified atom stereocenters. The molecule has 0 aliphatic carbocycles. The van der Waals surface area contributed by atoms with Gasteiger partial charge < -0.3 is 4.57 Å². The van der Waals surface area contributed by atoms with Crippen LogP contribution in [0.15, 0.2) is 35.4 Å². The lowest BCUT2D eigenvalue weighted by molar-refractivity contribution is 0.543. The van der Waals surface area contributed by atoms with Crippen LogP contribution < -0.4 is 5.14 Å². The topological polar surface area (TPSA) is 104 Å². The molecule has 0 spiro atoms. The van der Waals surface area contributed by atoms with Crippen molar-refractivity contribution >= 4 is 32.1 Å². The second-order valence-corrected chi connectivity index (χ2v) is 8.01. The number of hydrogen-bond acceptors (Lipinski definition) is 5. The maximum atomic E-state index is 14.5. The van der Waals surface area contributed by atoms with Crippen molar-refractivity contribution in [3.8, 4) is 0 Å². The van der Waals surface area contributed by atoms with Gasteiger partial charge in [0.1, 0.15) is 27.9 Å². The standard InChI is InChI=1S/C18H15F2N5O2S/c1-9-3-4-12-17-15(7-22-18(12)23-9)24-10(2)25(17)8-11-5-14(20)16(6-13(11)19)28(21,26)27/h3-7H,8H2,1-2H3,(H2,21,26,27). The van der Waals surface area contributed by atoms with E-state index in [9.17, 15) is 17.2 Å². The van der Waals surface area contributed by atoms with E-state index >= 15 is 0 Å². The zero-order valence-electron chi connectivity index (χ0n) is 14.9. The fourth-order valence-electron chi connectivity index (χ4n) is 3.18. The van der Waals surface area contributed by atoms with Crippen molar-refractivity contribution in [2.75, 3.05) is 0 Å². The van der Waals surface area contributed by atoms with Crippen LogP contribution in [-0.4, -0.2) is 27.9 Å². The maximum absolute atomic E-state index is 14.5. The fraction of sp³-hybridized carbons (Fsp3) is 0.167. The van der Waals surface area contributed by atoms with Crippen LogP contribution in [0.2, 0.25) is 0 Å². The first-order valence-corrected chi connectivity index (χ1v) is 9.79. The number of primary sulfonamides is 1. The fourth-order valence-corrected chi connectivity index (χ4v) is 3.78. The number of pyridine rings is 2. The number of halogens is 2. The van der Waals surface area contributed by atoms with Gasteiger partial charge in [-0.3, -0.25) is 0 Å². The molecule has 3 heterocycles. The summed E-state index contributed by atoms with van der Waals surface area (Å²) < 4.78 is 53.2. The Balaban J connectivity index is 1.91. The number of hydrogen-bond donors (Lipinski definition) is 1. The zero-order chi connectivity index (χ0) is 20.2. The molecule has 0 saturated carbocycles. The van der Waals surface area contributed by atoms with Crippen molar-refractivity contribution in [3.05, 3.63) is 59.2 Å². The molecular formula is C18H15F2N5O2S. The first kappa shape index (κ1) is 18.4. The van der Waals surface area contributed by atoms with Crippen molar-refractivity contribution in [1.82, 2.24) is 19.5 Å². The Bertz CT molecular complexity index is 1370. The number of fused-ring (bicyclic) bond motifs is 3. The van der Waals surface area contributed by atoms with Crippen LogP contribution >= 0.6 is 0 Å². The van der Waals surface area contributed by atoms with Crippen LogP contribution in [0.5, 0.6) is 0 Å². The number of imidazole rings is 1. The summed E-state index contributed by atoms with van der Waals surface area (Å²) in [6, 6.07) is 5.12. The third kappa shape index (κ3) is 3.00. The normalized spacial score (nSPS) is 12.2. The van der Waals surface area contributed by atoms with Gasteiger partial charge in [-0.05, 0) is 38.1 Å². The van der Waals surface area contributed by atoms with Gasteiger partial charge in [0.2, 0.25) is 10.0 Å². The van der Waals surface area contributed by atoms with Crippen LogP contribution in [0.4, 0.5) is 8.78 Å². The Morgan fingerprint density at radius 1 is 1.11 bits per heavy atom. The molecule has 0 amide bonds. The summed E-state index contributed by atoms with van der Waals surface area (Å²) in [5.74, 6) is -1.41. The lowest BCUT2D eigenvalue weighted by Gasteiger charge is -2.11. The maximum Gasteiger partial charge on any atom is 0.241 e. The zero-order valence-corrected chi connectivity index (χ0v) is 15.8. The van der Waals surface area contributed by atoms with Crippen LogP contribution in [0.25, 0.3) is 22.1 Å². The van der Waals surface area contributed by atoms with E-state index < -0.39 is 26.6 Å². The molecule has 0 atom stereocenters. The summed E-state index contributed by atoms with van der Waals surface area (Å²) in [6.07, 6.45) is 1.58. The SMILES string of the molecule is Cc1ccc2c(ncc3nc(C)n(Cc4cc(F)c(S(N)(=O)=O)cc4F)c32)n1. The van der Waals surface area contributed by atoms with E-state index in [1.54, 1.807) is 17.7 Å². The number of aryl methyl sites for hydroxylation is 2. The van der Waals surface area contributed by atoms with Crippen LogP contribution in [-0.2, 0) is 16.6 Å². The second kappa shape index (κ2) is 6.28. The molecular weight excluding hydrogens is 388 g/mol.